The van der Waals surface area contributed by atoms with E-state index >= 15 is 0 Å². The third kappa shape index (κ3) is 5.17. The predicted octanol–water partition coefficient (Wildman–Crippen LogP) is 2.82. The Balaban J connectivity index is 1.89. The summed E-state index contributed by atoms with van der Waals surface area (Å²) in [5.41, 5.74) is 2.50. The molecule has 2 aromatic rings. The molecule has 0 aliphatic carbocycles. The van der Waals surface area contributed by atoms with E-state index < -0.39 is 24.5 Å². The zero-order valence-electron chi connectivity index (χ0n) is 14.9. The highest BCUT2D eigenvalue weighted by Crippen LogP contribution is 2.13. The number of esters is 2. The standard InChI is InChI=1S/C20H21NO5/c1-13-7-9-15(10-8-13)14(2)21-18(22)12-26-20(24)17-6-4-5-16(11-17)19(23)25-3/h4-11,14H,12H2,1-3H3,(H,21,22). The average molecular weight is 355 g/mol. The Morgan fingerprint density at radius 1 is 1.00 bits per heavy atom. The molecule has 0 saturated heterocycles. The van der Waals surface area contributed by atoms with Gasteiger partial charge in [0.2, 0.25) is 0 Å². The summed E-state index contributed by atoms with van der Waals surface area (Å²) >= 11 is 0. The molecule has 2 aromatic carbocycles. The summed E-state index contributed by atoms with van der Waals surface area (Å²) in [7, 11) is 1.26. The molecule has 136 valence electrons. The van der Waals surface area contributed by atoms with Crippen molar-refractivity contribution in [2.45, 2.75) is 19.9 Å². The fourth-order valence-corrected chi connectivity index (χ4v) is 2.33. The van der Waals surface area contributed by atoms with Crippen molar-refractivity contribution in [3.8, 4) is 0 Å². The van der Waals surface area contributed by atoms with Crippen LogP contribution in [0.5, 0.6) is 0 Å². The highest BCUT2D eigenvalue weighted by Gasteiger charge is 2.15. The van der Waals surface area contributed by atoms with Crippen molar-refractivity contribution in [2.24, 2.45) is 0 Å². The predicted molar refractivity (Wildman–Crippen MR) is 95.8 cm³/mol. The van der Waals surface area contributed by atoms with Crippen LogP contribution >= 0.6 is 0 Å². The van der Waals surface area contributed by atoms with Crippen LogP contribution in [0.1, 0.15) is 44.8 Å². The van der Waals surface area contributed by atoms with Gasteiger partial charge in [-0.05, 0) is 37.6 Å². The highest BCUT2D eigenvalue weighted by molar-refractivity contribution is 5.96. The molecule has 0 heterocycles. The smallest absolute Gasteiger partial charge is 0.338 e. The van der Waals surface area contributed by atoms with Crippen LogP contribution in [0, 0.1) is 6.92 Å². The second-order valence-corrected chi connectivity index (χ2v) is 5.85. The van der Waals surface area contributed by atoms with Crippen LogP contribution in [0.4, 0.5) is 0 Å². The number of nitrogens with one attached hydrogen (secondary N) is 1. The lowest BCUT2D eigenvalue weighted by molar-refractivity contribution is -0.124. The van der Waals surface area contributed by atoms with E-state index in [1.54, 1.807) is 6.07 Å². The number of carbonyl (C=O) groups is 3. The van der Waals surface area contributed by atoms with E-state index in [1.807, 2.05) is 38.1 Å². The number of aryl methyl sites for hydroxylation is 1. The van der Waals surface area contributed by atoms with Crippen LogP contribution in [0.3, 0.4) is 0 Å². The Bertz CT molecular complexity index is 798. The number of ether oxygens (including phenoxy) is 2. The zero-order chi connectivity index (χ0) is 19.1. The minimum Gasteiger partial charge on any atom is -0.465 e. The lowest BCUT2D eigenvalue weighted by Gasteiger charge is -2.14. The van der Waals surface area contributed by atoms with Crippen LogP contribution in [0.2, 0.25) is 0 Å². The first kappa shape index (κ1) is 19.2. The molecule has 26 heavy (non-hydrogen) atoms. The van der Waals surface area contributed by atoms with E-state index in [0.29, 0.717) is 0 Å². The van der Waals surface area contributed by atoms with Gasteiger partial charge in [-0.3, -0.25) is 4.79 Å². The lowest BCUT2D eigenvalue weighted by atomic mass is 10.1. The van der Waals surface area contributed by atoms with Crippen molar-refractivity contribution in [3.63, 3.8) is 0 Å². The van der Waals surface area contributed by atoms with Crippen LogP contribution in [0.25, 0.3) is 0 Å². The van der Waals surface area contributed by atoms with E-state index in [1.165, 1.54) is 25.3 Å². The van der Waals surface area contributed by atoms with Crippen molar-refractivity contribution >= 4 is 17.8 Å². The molecule has 6 nitrogen and oxygen atoms in total. The normalized spacial score (nSPS) is 11.3. The molecule has 1 amide bonds. The molecule has 1 unspecified atom stereocenters. The third-order valence-corrected chi connectivity index (χ3v) is 3.81. The van der Waals surface area contributed by atoms with Crippen LogP contribution in [-0.2, 0) is 14.3 Å². The number of benzene rings is 2. The fourth-order valence-electron chi connectivity index (χ4n) is 2.33. The molecule has 0 aliphatic rings. The van der Waals surface area contributed by atoms with Gasteiger partial charge in [-0.15, -0.1) is 0 Å². The second-order valence-electron chi connectivity index (χ2n) is 5.85. The van der Waals surface area contributed by atoms with Gasteiger partial charge in [0, 0.05) is 0 Å². The molecule has 2 rings (SSSR count). The minimum absolute atomic E-state index is 0.173. The van der Waals surface area contributed by atoms with Gasteiger partial charge in [-0.2, -0.15) is 0 Å². The van der Waals surface area contributed by atoms with Gasteiger partial charge in [-0.25, -0.2) is 9.59 Å². The quantitative estimate of drug-likeness (QED) is 0.806. The molecular formula is C20H21NO5. The van der Waals surface area contributed by atoms with Gasteiger partial charge in [-0.1, -0.05) is 35.9 Å². The first-order chi connectivity index (χ1) is 12.4. The van der Waals surface area contributed by atoms with Crippen molar-refractivity contribution in [1.29, 1.82) is 0 Å². The minimum atomic E-state index is -0.686. The maximum Gasteiger partial charge on any atom is 0.338 e. The molecule has 0 saturated carbocycles. The largest absolute Gasteiger partial charge is 0.465 e. The molecular weight excluding hydrogens is 334 g/mol. The maximum atomic E-state index is 12.1. The molecule has 0 aliphatic heterocycles. The Kier molecular flexibility index (Phi) is 6.49. The summed E-state index contributed by atoms with van der Waals surface area (Å²) in [5.74, 6) is -1.64. The topological polar surface area (TPSA) is 81.7 Å². The summed E-state index contributed by atoms with van der Waals surface area (Å²) in [6, 6.07) is 13.5. The van der Waals surface area contributed by atoms with Gasteiger partial charge >= 0.3 is 11.9 Å². The Morgan fingerprint density at radius 2 is 1.62 bits per heavy atom. The highest BCUT2D eigenvalue weighted by atomic mass is 16.5. The van der Waals surface area contributed by atoms with E-state index in [2.05, 4.69) is 10.1 Å². The zero-order valence-corrected chi connectivity index (χ0v) is 14.9. The van der Waals surface area contributed by atoms with Crippen LogP contribution in [0.15, 0.2) is 48.5 Å². The molecule has 0 spiro atoms. The molecule has 0 bridgehead atoms. The van der Waals surface area contributed by atoms with E-state index in [4.69, 9.17) is 4.74 Å². The van der Waals surface area contributed by atoms with Crippen molar-refractivity contribution in [3.05, 3.63) is 70.8 Å². The van der Waals surface area contributed by atoms with Crippen molar-refractivity contribution in [1.82, 2.24) is 5.32 Å². The number of carbonyl (C=O) groups excluding carboxylic acids is 3. The molecule has 1 atom stereocenters. The molecule has 0 fully saturated rings. The molecule has 0 radical (unpaired) electrons. The summed E-state index contributed by atoms with van der Waals surface area (Å²) in [4.78, 5) is 35.5. The number of hydrogen-bond donors (Lipinski definition) is 1. The van der Waals surface area contributed by atoms with Crippen molar-refractivity contribution < 1.29 is 23.9 Å². The lowest BCUT2D eigenvalue weighted by Crippen LogP contribution is -2.31. The Hall–Kier alpha value is -3.15. The van der Waals surface area contributed by atoms with Gasteiger partial charge in [0.05, 0.1) is 24.3 Å². The molecule has 0 aromatic heterocycles. The fraction of sp³-hybridized carbons (Fsp3) is 0.250. The average Bonchev–Trinajstić information content (AvgIpc) is 2.66. The number of amides is 1. The Morgan fingerprint density at radius 3 is 2.23 bits per heavy atom. The second kappa shape index (κ2) is 8.80. The van der Waals surface area contributed by atoms with Gasteiger partial charge in [0.25, 0.3) is 5.91 Å². The monoisotopic (exact) mass is 355 g/mol. The van der Waals surface area contributed by atoms with E-state index in [9.17, 15) is 14.4 Å². The third-order valence-electron chi connectivity index (χ3n) is 3.81. The number of methoxy groups -OCH3 is 1. The molecule has 6 heteroatoms. The summed E-state index contributed by atoms with van der Waals surface area (Å²) in [6.07, 6.45) is 0. The Labute approximate surface area is 152 Å². The van der Waals surface area contributed by atoms with E-state index in [-0.39, 0.29) is 17.2 Å². The first-order valence-electron chi connectivity index (χ1n) is 8.12. The molecule has 1 N–H and O–H groups in total. The van der Waals surface area contributed by atoms with Gasteiger partial charge in [0.15, 0.2) is 6.61 Å². The summed E-state index contributed by atoms with van der Waals surface area (Å²) in [5, 5.41) is 2.77. The SMILES string of the molecule is COC(=O)c1cccc(C(=O)OCC(=O)NC(C)c2ccc(C)cc2)c1. The van der Waals surface area contributed by atoms with Crippen LogP contribution < -0.4 is 5.32 Å². The summed E-state index contributed by atoms with van der Waals surface area (Å²) < 4.78 is 9.62. The number of rotatable bonds is 6. The maximum absolute atomic E-state index is 12.1. The van der Waals surface area contributed by atoms with Crippen molar-refractivity contribution in [2.75, 3.05) is 13.7 Å². The summed E-state index contributed by atoms with van der Waals surface area (Å²) in [6.45, 7) is 3.43. The van der Waals surface area contributed by atoms with E-state index in [0.717, 1.165) is 11.1 Å². The van der Waals surface area contributed by atoms with Gasteiger partial charge < -0.3 is 14.8 Å². The van der Waals surface area contributed by atoms with Crippen LogP contribution in [-0.4, -0.2) is 31.6 Å². The van der Waals surface area contributed by atoms with Gasteiger partial charge in [0.1, 0.15) is 0 Å². The number of hydrogen-bond acceptors (Lipinski definition) is 5. The first-order valence-corrected chi connectivity index (χ1v) is 8.12.